The van der Waals surface area contributed by atoms with E-state index in [1.54, 1.807) is 23.0 Å². The third-order valence-corrected chi connectivity index (χ3v) is 4.35. The molecule has 0 aromatic carbocycles. The van der Waals surface area contributed by atoms with Crippen LogP contribution in [0.5, 0.6) is 0 Å². The van der Waals surface area contributed by atoms with Gasteiger partial charge in [-0.05, 0) is 6.92 Å². The molecule has 0 bridgehead atoms. The molecular formula is C15H24N8O2. The highest BCUT2D eigenvalue weighted by molar-refractivity contribution is 5.74. The Morgan fingerprint density at radius 1 is 1.32 bits per heavy atom. The zero-order valence-corrected chi connectivity index (χ0v) is 14.8. The van der Waals surface area contributed by atoms with Gasteiger partial charge in [0.25, 0.3) is 0 Å². The highest BCUT2D eigenvalue weighted by atomic mass is 16.5. The van der Waals surface area contributed by atoms with Crippen molar-refractivity contribution in [2.75, 3.05) is 26.2 Å². The van der Waals surface area contributed by atoms with Crippen LogP contribution in [0.15, 0.2) is 10.9 Å². The highest BCUT2D eigenvalue weighted by Crippen LogP contribution is 2.20. The minimum atomic E-state index is -0.0918. The predicted octanol–water partition coefficient (Wildman–Crippen LogP) is 0.349. The van der Waals surface area contributed by atoms with Crippen molar-refractivity contribution in [2.45, 2.75) is 32.9 Å². The number of aryl methyl sites for hydroxylation is 2. The fourth-order valence-electron chi connectivity index (χ4n) is 2.78. The first kappa shape index (κ1) is 17.3. The maximum absolute atomic E-state index is 12.3. The predicted molar refractivity (Wildman–Crippen MR) is 88.5 cm³/mol. The fraction of sp³-hybridized carbons (Fsp3) is 0.667. The van der Waals surface area contributed by atoms with Crippen LogP contribution in [0.25, 0.3) is 0 Å². The molecule has 0 aliphatic carbocycles. The zero-order chi connectivity index (χ0) is 17.8. The SMILES string of the molecule is CCc1noc(C(C)N2CCN(C(=O)NCc3ncn(C)n3)CC2)n1. The number of carbonyl (C=O) groups is 1. The summed E-state index contributed by atoms with van der Waals surface area (Å²) in [4.78, 5) is 24.8. The van der Waals surface area contributed by atoms with Crippen molar-refractivity contribution in [3.63, 3.8) is 0 Å². The number of piperazine rings is 1. The summed E-state index contributed by atoms with van der Waals surface area (Å²) in [7, 11) is 1.80. The molecule has 136 valence electrons. The van der Waals surface area contributed by atoms with Crippen LogP contribution in [0.4, 0.5) is 4.79 Å². The molecule has 10 nitrogen and oxygen atoms in total. The summed E-state index contributed by atoms with van der Waals surface area (Å²) in [5.74, 6) is 1.96. The van der Waals surface area contributed by atoms with E-state index in [9.17, 15) is 4.79 Å². The van der Waals surface area contributed by atoms with Crippen molar-refractivity contribution in [3.05, 3.63) is 23.9 Å². The van der Waals surface area contributed by atoms with Crippen LogP contribution in [0.2, 0.25) is 0 Å². The second-order valence-electron chi connectivity index (χ2n) is 6.09. The van der Waals surface area contributed by atoms with Crippen LogP contribution in [-0.4, -0.2) is 66.9 Å². The summed E-state index contributed by atoms with van der Waals surface area (Å²) in [5.41, 5.74) is 0. The molecule has 1 atom stereocenters. The van der Waals surface area contributed by atoms with Crippen molar-refractivity contribution in [1.29, 1.82) is 0 Å². The number of hydrogen-bond donors (Lipinski definition) is 1. The van der Waals surface area contributed by atoms with Gasteiger partial charge in [-0.25, -0.2) is 9.78 Å². The van der Waals surface area contributed by atoms with E-state index in [1.807, 2.05) is 6.92 Å². The molecule has 0 radical (unpaired) electrons. The van der Waals surface area contributed by atoms with E-state index in [0.29, 0.717) is 31.3 Å². The number of nitrogens with zero attached hydrogens (tertiary/aromatic N) is 7. The Hall–Kier alpha value is -2.49. The van der Waals surface area contributed by atoms with Crippen LogP contribution in [0.3, 0.4) is 0 Å². The zero-order valence-electron chi connectivity index (χ0n) is 14.8. The maximum Gasteiger partial charge on any atom is 0.317 e. The number of nitrogens with one attached hydrogen (secondary N) is 1. The van der Waals surface area contributed by atoms with Gasteiger partial charge in [0.1, 0.15) is 6.33 Å². The first-order valence-electron chi connectivity index (χ1n) is 8.50. The van der Waals surface area contributed by atoms with Crippen molar-refractivity contribution >= 4 is 6.03 Å². The van der Waals surface area contributed by atoms with Gasteiger partial charge in [-0.3, -0.25) is 9.58 Å². The van der Waals surface area contributed by atoms with Gasteiger partial charge in [0, 0.05) is 39.6 Å². The molecule has 0 spiro atoms. The molecular weight excluding hydrogens is 324 g/mol. The second-order valence-corrected chi connectivity index (χ2v) is 6.09. The molecule has 2 amide bonds. The summed E-state index contributed by atoms with van der Waals surface area (Å²) in [6, 6.07) is -0.0402. The van der Waals surface area contributed by atoms with Gasteiger partial charge in [-0.1, -0.05) is 12.1 Å². The van der Waals surface area contributed by atoms with Crippen molar-refractivity contribution < 1.29 is 9.32 Å². The lowest BCUT2D eigenvalue weighted by Crippen LogP contribution is -2.52. The molecule has 25 heavy (non-hydrogen) atoms. The van der Waals surface area contributed by atoms with Crippen LogP contribution in [0, 0.1) is 0 Å². The molecule has 1 fully saturated rings. The van der Waals surface area contributed by atoms with E-state index < -0.39 is 0 Å². The first-order valence-corrected chi connectivity index (χ1v) is 8.50. The van der Waals surface area contributed by atoms with Crippen LogP contribution in [-0.2, 0) is 20.0 Å². The Morgan fingerprint density at radius 2 is 2.08 bits per heavy atom. The third-order valence-electron chi connectivity index (χ3n) is 4.35. The number of carbonyl (C=O) groups excluding carboxylic acids is 1. The first-order chi connectivity index (χ1) is 12.1. The normalized spacial score (nSPS) is 16.8. The Bertz CT molecular complexity index is 704. The maximum atomic E-state index is 12.3. The highest BCUT2D eigenvalue weighted by Gasteiger charge is 2.27. The Balaban J connectivity index is 1.46. The smallest absolute Gasteiger partial charge is 0.317 e. The molecule has 0 saturated carbocycles. The largest absolute Gasteiger partial charge is 0.338 e. The standard InChI is InChI=1S/C15H24N8O2/c1-4-12-18-14(25-20-12)11(2)22-5-7-23(8-6-22)15(24)16-9-13-17-10-21(3)19-13/h10-11H,4-9H2,1-3H3,(H,16,24). The van der Waals surface area contributed by atoms with Crippen molar-refractivity contribution in [3.8, 4) is 0 Å². The number of aromatic nitrogens is 5. The van der Waals surface area contributed by atoms with E-state index in [0.717, 1.165) is 25.3 Å². The van der Waals surface area contributed by atoms with Gasteiger partial charge < -0.3 is 14.7 Å². The number of amides is 2. The lowest BCUT2D eigenvalue weighted by atomic mass is 10.2. The lowest BCUT2D eigenvalue weighted by Gasteiger charge is -2.36. The number of rotatable bonds is 5. The van der Waals surface area contributed by atoms with E-state index >= 15 is 0 Å². The van der Waals surface area contributed by atoms with Gasteiger partial charge in [0.05, 0.1) is 12.6 Å². The average molecular weight is 348 g/mol. The third kappa shape index (κ3) is 4.13. The molecule has 1 saturated heterocycles. The van der Waals surface area contributed by atoms with Gasteiger partial charge in [0.2, 0.25) is 5.89 Å². The van der Waals surface area contributed by atoms with E-state index in [-0.39, 0.29) is 12.1 Å². The summed E-state index contributed by atoms with van der Waals surface area (Å²) in [6.07, 6.45) is 2.37. The number of hydrogen-bond acceptors (Lipinski definition) is 7. The van der Waals surface area contributed by atoms with Gasteiger partial charge in [0.15, 0.2) is 11.6 Å². The molecule has 1 unspecified atom stereocenters. The van der Waals surface area contributed by atoms with Crippen LogP contribution >= 0.6 is 0 Å². The molecule has 3 heterocycles. The Morgan fingerprint density at radius 3 is 2.68 bits per heavy atom. The number of urea groups is 1. The molecule has 2 aromatic heterocycles. The minimum Gasteiger partial charge on any atom is -0.338 e. The molecule has 2 aromatic rings. The molecule has 3 rings (SSSR count). The lowest BCUT2D eigenvalue weighted by molar-refractivity contribution is 0.0999. The summed E-state index contributed by atoms with van der Waals surface area (Å²) in [5, 5.41) is 11.0. The Kier molecular flexibility index (Phi) is 5.27. The van der Waals surface area contributed by atoms with Crippen LogP contribution in [0.1, 0.15) is 37.4 Å². The van der Waals surface area contributed by atoms with E-state index in [2.05, 4.69) is 37.4 Å². The Labute approximate surface area is 146 Å². The monoisotopic (exact) mass is 348 g/mol. The van der Waals surface area contributed by atoms with Gasteiger partial charge in [-0.15, -0.1) is 0 Å². The van der Waals surface area contributed by atoms with Gasteiger partial charge >= 0.3 is 6.03 Å². The van der Waals surface area contributed by atoms with Gasteiger partial charge in [-0.2, -0.15) is 10.1 Å². The topological polar surface area (TPSA) is 105 Å². The molecule has 10 heteroatoms. The molecule has 1 aliphatic rings. The molecule has 1 aliphatic heterocycles. The summed E-state index contributed by atoms with van der Waals surface area (Å²) >= 11 is 0. The fourth-order valence-corrected chi connectivity index (χ4v) is 2.78. The summed E-state index contributed by atoms with van der Waals surface area (Å²) < 4.78 is 6.94. The summed E-state index contributed by atoms with van der Waals surface area (Å²) in [6.45, 7) is 7.21. The van der Waals surface area contributed by atoms with Crippen LogP contribution < -0.4 is 5.32 Å². The molecule has 1 N–H and O–H groups in total. The van der Waals surface area contributed by atoms with E-state index in [1.165, 1.54) is 0 Å². The van der Waals surface area contributed by atoms with Crippen molar-refractivity contribution in [2.24, 2.45) is 7.05 Å². The quantitative estimate of drug-likeness (QED) is 0.831. The van der Waals surface area contributed by atoms with E-state index in [4.69, 9.17) is 4.52 Å². The minimum absolute atomic E-state index is 0.0516. The average Bonchev–Trinajstić information content (AvgIpc) is 3.28. The van der Waals surface area contributed by atoms with Crippen molar-refractivity contribution in [1.82, 2.24) is 40.0 Å². The second kappa shape index (κ2) is 7.60.